The molecule has 0 aromatic heterocycles. The molecule has 1 amide bonds. The van der Waals surface area contributed by atoms with Crippen LogP contribution in [0.25, 0.3) is 0 Å². The van der Waals surface area contributed by atoms with Crippen LogP contribution in [0.4, 0.5) is 0 Å². The Morgan fingerprint density at radius 2 is 2.26 bits per heavy atom. The summed E-state index contributed by atoms with van der Waals surface area (Å²) in [5, 5.41) is 0.584. The summed E-state index contributed by atoms with van der Waals surface area (Å²) in [6, 6.07) is 5.30. The molecule has 2 atom stereocenters. The Labute approximate surface area is 118 Å². The van der Waals surface area contributed by atoms with Gasteiger partial charge in [-0.1, -0.05) is 11.6 Å². The van der Waals surface area contributed by atoms with E-state index in [-0.39, 0.29) is 18.1 Å². The Hall–Kier alpha value is -1.10. The molecule has 2 N–H and O–H groups in total. The zero-order chi connectivity index (χ0) is 14.0. The van der Waals surface area contributed by atoms with Crippen molar-refractivity contribution >= 4 is 17.5 Å². The third kappa shape index (κ3) is 3.47. The van der Waals surface area contributed by atoms with Crippen molar-refractivity contribution in [3.05, 3.63) is 34.3 Å². The second kappa shape index (κ2) is 5.90. The van der Waals surface area contributed by atoms with E-state index in [1.807, 2.05) is 26.0 Å². The molecule has 2 unspecified atom stereocenters. The molecule has 1 fully saturated rings. The number of ether oxygens (including phenoxy) is 1. The van der Waals surface area contributed by atoms with Crippen molar-refractivity contribution in [1.29, 1.82) is 0 Å². The van der Waals surface area contributed by atoms with Gasteiger partial charge in [0, 0.05) is 29.7 Å². The number of hydrogen-bond donors (Lipinski definition) is 1. The minimum Gasteiger partial charge on any atom is -0.373 e. The lowest BCUT2D eigenvalue weighted by molar-refractivity contribution is -0.0300. The van der Waals surface area contributed by atoms with Crippen molar-refractivity contribution in [2.45, 2.75) is 26.0 Å². The number of nitrogens with zero attached hydrogens (tertiary/aromatic N) is 1. The van der Waals surface area contributed by atoms with E-state index in [4.69, 9.17) is 22.1 Å². The second-order valence-corrected chi connectivity index (χ2v) is 5.47. The highest BCUT2D eigenvalue weighted by Gasteiger charge is 2.27. The first-order chi connectivity index (χ1) is 8.97. The van der Waals surface area contributed by atoms with E-state index in [1.54, 1.807) is 11.0 Å². The molecule has 1 aromatic carbocycles. The van der Waals surface area contributed by atoms with Crippen LogP contribution >= 0.6 is 11.6 Å². The topological polar surface area (TPSA) is 55.6 Å². The fraction of sp³-hybridized carbons (Fsp3) is 0.500. The van der Waals surface area contributed by atoms with Crippen LogP contribution in [0.1, 0.15) is 22.8 Å². The quantitative estimate of drug-likeness (QED) is 0.900. The Bertz CT molecular complexity index is 456. The van der Waals surface area contributed by atoms with Gasteiger partial charge in [0.1, 0.15) is 0 Å². The highest BCUT2D eigenvalue weighted by Crippen LogP contribution is 2.18. The summed E-state index contributed by atoms with van der Waals surface area (Å²) in [5.74, 6) is -0.0143. The molecule has 1 heterocycles. The molecular formula is C14H19ClN2O2. The number of halogens is 1. The number of rotatable bonds is 2. The number of amides is 1. The molecule has 1 aromatic rings. The summed E-state index contributed by atoms with van der Waals surface area (Å²) in [4.78, 5) is 14.2. The van der Waals surface area contributed by atoms with Crippen LogP contribution in [-0.2, 0) is 4.74 Å². The minimum absolute atomic E-state index is 0.0143. The summed E-state index contributed by atoms with van der Waals surface area (Å²) in [6.45, 7) is 5.46. The molecule has 5 heteroatoms. The van der Waals surface area contributed by atoms with Crippen LogP contribution in [0.2, 0.25) is 5.02 Å². The first kappa shape index (κ1) is 14.3. The molecule has 0 saturated carbocycles. The molecule has 0 bridgehead atoms. The fourth-order valence-corrected chi connectivity index (χ4v) is 2.51. The Balaban J connectivity index is 2.14. The molecule has 0 spiro atoms. The predicted molar refractivity (Wildman–Crippen MR) is 75.5 cm³/mol. The summed E-state index contributed by atoms with van der Waals surface area (Å²) in [6.07, 6.45) is -0.0991. The van der Waals surface area contributed by atoms with Crippen LogP contribution in [0.5, 0.6) is 0 Å². The van der Waals surface area contributed by atoms with Crippen LogP contribution in [-0.4, -0.2) is 42.6 Å². The zero-order valence-corrected chi connectivity index (χ0v) is 12.0. The van der Waals surface area contributed by atoms with Crippen molar-refractivity contribution in [2.75, 3.05) is 19.7 Å². The summed E-state index contributed by atoms with van der Waals surface area (Å²) >= 11 is 6.00. The van der Waals surface area contributed by atoms with E-state index in [9.17, 15) is 4.79 Å². The van der Waals surface area contributed by atoms with Gasteiger partial charge in [-0.05, 0) is 37.6 Å². The van der Waals surface area contributed by atoms with Gasteiger partial charge in [0.15, 0.2) is 0 Å². The van der Waals surface area contributed by atoms with Crippen molar-refractivity contribution in [1.82, 2.24) is 4.90 Å². The molecule has 1 aliphatic rings. The SMILES string of the molecule is Cc1cc(Cl)cc(C(=O)N2CCOC(C(C)N)C2)c1. The predicted octanol–water partition coefficient (Wildman–Crippen LogP) is 1.84. The number of morpholine rings is 1. The van der Waals surface area contributed by atoms with Gasteiger partial charge in [0.05, 0.1) is 12.7 Å². The van der Waals surface area contributed by atoms with Crippen molar-refractivity contribution in [3.63, 3.8) is 0 Å². The Morgan fingerprint density at radius 1 is 1.53 bits per heavy atom. The van der Waals surface area contributed by atoms with E-state index in [0.29, 0.717) is 30.3 Å². The maximum Gasteiger partial charge on any atom is 0.254 e. The lowest BCUT2D eigenvalue weighted by Crippen LogP contribution is -2.51. The monoisotopic (exact) mass is 282 g/mol. The number of hydrogen-bond acceptors (Lipinski definition) is 3. The van der Waals surface area contributed by atoms with Gasteiger partial charge in [-0.25, -0.2) is 0 Å². The third-order valence-corrected chi connectivity index (χ3v) is 3.47. The van der Waals surface area contributed by atoms with E-state index in [2.05, 4.69) is 0 Å². The number of benzene rings is 1. The standard InChI is InChI=1S/C14H19ClN2O2/c1-9-5-11(7-12(15)6-9)14(18)17-3-4-19-13(8-17)10(2)16/h5-7,10,13H,3-4,8,16H2,1-2H3. The molecular weight excluding hydrogens is 264 g/mol. The van der Waals surface area contributed by atoms with Crippen molar-refractivity contribution < 1.29 is 9.53 Å². The van der Waals surface area contributed by atoms with Gasteiger partial charge in [-0.3, -0.25) is 4.79 Å². The Morgan fingerprint density at radius 3 is 2.89 bits per heavy atom. The lowest BCUT2D eigenvalue weighted by Gasteiger charge is -2.34. The fourth-order valence-electron chi connectivity index (χ4n) is 2.22. The van der Waals surface area contributed by atoms with Gasteiger partial charge in [-0.15, -0.1) is 0 Å². The molecule has 0 radical (unpaired) electrons. The molecule has 0 aliphatic carbocycles. The number of nitrogens with two attached hydrogens (primary N) is 1. The minimum atomic E-state index is -0.0991. The average molecular weight is 283 g/mol. The molecule has 4 nitrogen and oxygen atoms in total. The third-order valence-electron chi connectivity index (χ3n) is 3.26. The van der Waals surface area contributed by atoms with Crippen LogP contribution < -0.4 is 5.73 Å². The summed E-state index contributed by atoms with van der Waals surface area (Å²) in [5.41, 5.74) is 7.43. The number of aryl methyl sites for hydroxylation is 1. The zero-order valence-electron chi connectivity index (χ0n) is 11.2. The molecule has 1 aliphatic heterocycles. The van der Waals surface area contributed by atoms with Gasteiger partial charge < -0.3 is 15.4 Å². The van der Waals surface area contributed by atoms with Crippen LogP contribution in [0.15, 0.2) is 18.2 Å². The molecule has 1 saturated heterocycles. The first-order valence-electron chi connectivity index (χ1n) is 6.41. The van der Waals surface area contributed by atoms with Gasteiger partial charge >= 0.3 is 0 Å². The highest BCUT2D eigenvalue weighted by atomic mass is 35.5. The van der Waals surface area contributed by atoms with Crippen molar-refractivity contribution in [2.24, 2.45) is 5.73 Å². The van der Waals surface area contributed by atoms with E-state index in [0.717, 1.165) is 5.56 Å². The Kier molecular flexibility index (Phi) is 4.45. The normalized spacial score (nSPS) is 21.3. The lowest BCUT2D eigenvalue weighted by atomic mass is 10.1. The smallest absolute Gasteiger partial charge is 0.254 e. The molecule has 104 valence electrons. The van der Waals surface area contributed by atoms with Crippen molar-refractivity contribution in [3.8, 4) is 0 Å². The molecule has 2 rings (SSSR count). The number of carbonyl (C=O) groups excluding carboxylic acids is 1. The summed E-state index contributed by atoms with van der Waals surface area (Å²) in [7, 11) is 0. The second-order valence-electron chi connectivity index (χ2n) is 5.04. The largest absolute Gasteiger partial charge is 0.373 e. The van der Waals surface area contributed by atoms with Gasteiger partial charge in [0.25, 0.3) is 5.91 Å². The maximum atomic E-state index is 12.4. The first-order valence-corrected chi connectivity index (χ1v) is 6.79. The van der Waals surface area contributed by atoms with E-state index >= 15 is 0 Å². The average Bonchev–Trinajstić information content (AvgIpc) is 2.37. The van der Waals surface area contributed by atoms with E-state index in [1.165, 1.54) is 0 Å². The maximum absolute atomic E-state index is 12.4. The van der Waals surface area contributed by atoms with E-state index < -0.39 is 0 Å². The van der Waals surface area contributed by atoms with Crippen LogP contribution in [0, 0.1) is 6.92 Å². The summed E-state index contributed by atoms with van der Waals surface area (Å²) < 4.78 is 5.56. The van der Waals surface area contributed by atoms with Gasteiger partial charge in [0.2, 0.25) is 0 Å². The molecule has 19 heavy (non-hydrogen) atoms. The highest BCUT2D eigenvalue weighted by molar-refractivity contribution is 6.31. The van der Waals surface area contributed by atoms with Crippen LogP contribution in [0.3, 0.4) is 0 Å². The number of carbonyl (C=O) groups is 1. The van der Waals surface area contributed by atoms with Gasteiger partial charge in [-0.2, -0.15) is 0 Å².